The summed E-state index contributed by atoms with van der Waals surface area (Å²) in [6, 6.07) is 2.28. The largest absolute Gasteiger partial charge is 0.317 e. The molecular weight excluding hydrogens is 322 g/mol. The zero-order chi connectivity index (χ0) is 14.8. The molecule has 1 aliphatic heterocycles. The minimum atomic E-state index is -3.89. The van der Waals surface area contributed by atoms with E-state index in [1.165, 1.54) is 0 Å². The predicted molar refractivity (Wildman–Crippen MR) is 79.0 cm³/mol. The molecule has 0 spiro atoms. The van der Waals surface area contributed by atoms with Gasteiger partial charge < -0.3 is 5.32 Å². The van der Waals surface area contributed by atoms with Gasteiger partial charge in [-0.2, -0.15) is 0 Å². The van der Waals surface area contributed by atoms with Gasteiger partial charge in [0.25, 0.3) is 0 Å². The third-order valence-electron chi connectivity index (χ3n) is 3.65. The van der Waals surface area contributed by atoms with Gasteiger partial charge in [0.05, 0.1) is 4.90 Å². The second kappa shape index (κ2) is 7.00. The highest BCUT2D eigenvalue weighted by atomic mass is 35.5. The van der Waals surface area contributed by atoms with E-state index in [-0.39, 0.29) is 29.3 Å². The van der Waals surface area contributed by atoms with Crippen LogP contribution < -0.4 is 10.0 Å². The summed E-state index contributed by atoms with van der Waals surface area (Å²) in [4.78, 5) is -0.382. The molecule has 0 aliphatic carbocycles. The first-order valence-corrected chi connectivity index (χ1v) is 7.96. The van der Waals surface area contributed by atoms with Crippen LogP contribution in [0.25, 0.3) is 0 Å². The highest BCUT2D eigenvalue weighted by molar-refractivity contribution is 7.89. The molecule has 2 rings (SSSR count). The molecule has 0 aromatic heterocycles. The Balaban J connectivity index is 0.00000220. The van der Waals surface area contributed by atoms with Gasteiger partial charge in [-0.15, -0.1) is 12.4 Å². The molecule has 0 atom stereocenters. The first kappa shape index (κ1) is 18.3. The van der Waals surface area contributed by atoms with Gasteiger partial charge in [0.1, 0.15) is 11.6 Å². The van der Waals surface area contributed by atoms with Crippen LogP contribution in [0.4, 0.5) is 8.78 Å². The topological polar surface area (TPSA) is 58.2 Å². The van der Waals surface area contributed by atoms with E-state index in [0.29, 0.717) is 6.07 Å². The number of rotatable bonds is 4. The van der Waals surface area contributed by atoms with Gasteiger partial charge in [-0.25, -0.2) is 21.9 Å². The lowest BCUT2D eigenvalue weighted by Crippen LogP contribution is -2.42. The fourth-order valence-corrected chi connectivity index (χ4v) is 3.48. The number of nitrogens with one attached hydrogen (secondary N) is 2. The van der Waals surface area contributed by atoms with Crippen molar-refractivity contribution in [2.24, 2.45) is 5.41 Å². The van der Waals surface area contributed by atoms with Crippen molar-refractivity contribution < 1.29 is 17.2 Å². The molecule has 0 bridgehead atoms. The molecule has 0 saturated carbocycles. The fraction of sp³-hybridized carbons (Fsp3) is 0.538. The number of benzene rings is 1. The second-order valence-electron chi connectivity index (χ2n) is 5.49. The lowest BCUT2D eigenvalue weighted by molar-refractivity contribution is 0.232. The zero-order valence-electron chi connectivity index (χ0n) is 11.7. The summed E-state index contributed by atoms with van der Waals surface area (Å²) in [7, 11) is -3.89. The smallest absolute Gasteiger partial charge is 0.240 e. The summed E-state index contributed by atoms with van der Waals surface area (Å²) in [6.07, 6.45) is 1.71. The first-order chi connectivity index (χ1) is 9.31. The third-order valence-corrected chi connectivity index (χ3v) is 5.03. The van der Waals surface area contributed by atoms with Crippen LogP contribution in [0.15, 0.2) is 23.1 Å². The Morgan fingerprint density at radius 2 is 1.71 bits per heavy atom. The molecule has 0 unspecified atom stereocenters. The molecule has 4 nitrogen and oxygen atoms in total. The minimum Gasteiger partial charge on any atom is -0.317 e. The van der Waals surface area contributed by atoms with Gasteiger partial charge in [0.15, 0.2) is 0 Å². The maximum absolute atomic E-state index is 13.1. The van der Waals surface area contributed by atoms with Gasteiger partial charge in [0.2, 0.25) is 10.0 Å². The fourth-order valence-electron chi connectivity index (χ4n) is 2.24. The third kappa shape index (κ3) is 4.88. The Morgan fingerprint density at radius 3 is 2.24 bits per heavy atom. The maximum Gasteiger partial charge on any atom is 0.240 e. The standard InChI is InChI=1S/C13H18F2N2O2S.ClH/c1-13(2-4-16-5-3-13)9-17-20(18,19)12-7-10(14)6-11(15)8-12;/h6-8,16-17H,2-5,9H2,1H3;1H. The lowest BCUT2D eigenvalue weighted by Gasteiger charge is -2.34. The molecule has 1 heterocycles. The van der Waals surface area contributed by atoms with Crippen molar-refractivity contribution in [1.29, 1.82) is 0 Å². The number of hydrogen-bond acceptors (Lipinski definition) is 3. The molecule has 21 heavy (non-hydrogen) atoms. The Hall–Kier alpha value is -0.760. The first-order valence-electron chi connectivity index (χ1n) is 6.47. The van der Waals surface area contributed by atoms with E-state index in [1.807, 2.05) is 6.92 Å². The van der Waals surface area contributed by atoms with Crippen molar-refractivity contribution in [3.05, 3.63) is 29.8 Å². The number of sulfonamides is 1. The molecule has 1 fully saturated rings. The molecule has 1 aromatic rings. The molecule has 2 N–H and O–H groups in total. The predicted octanol–water partition coefficient (Wildman–Crippen LogP) is 2.05. The molecule has 120 valence electrons. The number of piperidine rings is 1. The highest BCUT2D eigenvalue weighted by Gasteiger charge is 2.29. The van der Waals surface area contributed by atoms with E-state index in [1.54, 1.807) is 0 Å². The Kier molecular flexibility index (Phi) is 6.10. The molecule has 1 aromatic carbocycles. The minimum absolute atomic E-state index is 0. The van der Waals surface area contributed by atoms with Crippen molar-refractivity contribution in [2.75, 3.05) is 19.6 Å². The van der Waals surface area contributed by atoms with Crippen LogP contribution in [-0.2, 0) is 10.0 Å². The maximum atomic E-state index is 13.1. The van der Waals surface area contributed by atoms with Crippen LogP contribution in [0, 0.1) is 17.0 Å². The van der Waals surface area contributed by atoms with Crippen LogP contribution in [0.3, 0.4) is 0 Å². The SMILES string of the molecule is CC1(CNS(=O)(=O)c2cc(F)cc(F)c2)CCNCC1.Cl. The van der Waals surface area contributed by atoms with Gasteiger partial charge in [-0.05, 0) is 43.5 Å². The van der Waals surface area contributed by atoms with Crippen LogP contribution in [0.1, 0.15) is 19.8 Å². The van der Waals surface area contributed by atoms with Gasteiger partial charge in [0, 0.05) is 12.6 Å². The Bertz CT molecular complexity index is 570. The molecule has 1 saturated heterocycles. The molecule has 1 aliphatic rings. The Morgan fingerprint density at radius 1 is 1.19 bits per heavy atom. The summed E-state index contributed by atoms with van der Waals surface area (Å²) in [5.41, 5.74) is -0.135. The van der Waals surface area contributed by atoms with Crippen LogP contribution >= 0.6 is 12.4 Å². The molecule has 0 amide bonds. The van der Waals surface area contributed by atoms with E-state index in [0.717, 1.165) is 38.1 Å². The average Bonchev–Trinajstić information content (AvgIpc) is 2.37. The Labute approximate surface area is 129 Å². The number of halogens is 3. The average molecular weight is 341 g/mol. The van der Waals surface area contributed by atoms with Crippen molar-refractivity contribution in [2.45, 2.75) is 24.7 Å². The monoisotopic (exact) mass is 340 g/mol. The second-order valence-corrected chi connectivity index (χ2v) is 7.26. The van der Waals surface area contributed by atoms with Crippen molar-refractivity contribution >= 4 is 22.4 Å². The molecule has 0 radical (unpaired) electrons. The quantitative estimate of drug-likeness (QED) is 0.882. The van der Waals surface area contributed by atoms with E-state index in [9.17, 15) is 17.2 Å². The normalized spacial score (nSPS) is 18.0. The van der Waals surface area contributed by atoms with Crippen molar-refractivity contribution in [3.63, 3.8) is 0 Å². The van der Waals surface area contributed by atoms with E-state index >= 15 is 0 Å². The summed E-state index contributed by atoms with van der Waals surface area (Å²) in [5.74, 6) is -1.81. The van der Waals surface area contributed by atoms with E-state index < -0.39 is 21.7 Å². The van der Waals surface area contributed by atoms with Crippen LogP contribution in [0.5, 0.6) is 0 Å². The van der Waals surface area contributed by atoms with Crippen molar-refractivity contribution in [3.8, 4) is 0 Å². The summed E-state index contributed by atoms with van der Waals surface area (Å²) in [6.45, 7) is 3.94. The number of hydrogen-bond donors (Lipinski definition) is 2. The van der Waals surface area contributed by atoms with E-state index in [2.05, 4.69) is 10.0 Å². The lowest BCUT2D eigenvalue weighted by atomic mass is 9.81. The van der Waals surface area contributed by atoms with Crippen molar-refractivity contribution in [1.82, 2.24) is 10.0 Å². The summed E-state index contributed by atoms with van der Waals surface area (Å²) >= 11 is 0. The van der Waals surface area contributed by atoms with Gasteiger partial charge >= 0.3 is 0 Å². The van der Waals surface area contributed by atoms with E-state index in [4.69, 9.17) is 0 Å². The van der Waals surface area contributed by atoms with Crippen LogP contribution in [-0.4, -0.2) is 28.1 Å². The summed E-state index contributed by atoms with van der Waals surface area (Å²) in [5, 5.41) is 3.21. The van der Waals surface area contributed by atoms with Crippen LogP contribution in [0.2, 0.25) is 0 Å². The molecule has 8 heteroatoms. The van der Waals surface area contributed by atoms with Gasteiger partial charge in [-0.3, -0.25) is 0 Å². The zero-order valence-corrected chi connectivity index (χ0v) is 13.3. The molecular formula is C13H19ClF2N2O2S. The van der Waals surface area contributed by atoms with Gasteiger partial charge in [-0.1, -0.05) is 6.92 Å². The summed E-state index contributed by atoms with van der Waals surface area (Å²) < 4.78 is 52.8. The highest BCUT2D eigenvalue weighted by Crippen LogP contribution is 2.27.